The van der Waals surface area contributed by atoms with Crippen LogP contribution in [0.15, 0.2) is 18.2 Å². The molecule has 0 radical (unpaired) electrons. The molecule has 1 aliphatic heterocycles. The Morgan fingerprint density at radius 3 is 2.68 bits per heavy atom. The second-order valence-corrected chi connectivity index (χ2v) is 9.10. The van der Waals surface area contributed by atoms with E-state index in [4.69, 9.17) is 4.74 Å². The molecule has 1 aromatic rings. The number of esters is 1. The number of sulfone groups is 1. The third-order valence-electron chi connectivity index (χ3n) is 3.49. The number of carbonyl (C=O) groups is 2. The molecular weight excluding hydrogens is 376 g/mol. The lowest BCUT2D eigenvalue weighted by molar-refractivity contribution is -0.150. The van der Waals surface area contributed by atoms with Crippen LogP contribution in [0.25, 0.3) is 0 Å². The van der Waals surface area contributed by atoms with Gasteiger partial charge in [0, 0.05) is 17.0 Å². The molecule has 0 aliphatic carbocycles. The van der Waals surface area contributed by atoms with Crippen LogP contribution in [0.1, 0.15) is 13.3 Å². The van der Waals surface area contributed by atoms with Gasteiger partial charge in [0.15, 0.2) is 27.6 Å². The second kappa shape index (κ2) is 8.13. The molecule has 6 nitrogen and oxygen atoms in total. The molecule has 138 valence electrons. The molecule has 0 unspecified atom stereocenters. The van der Waals surface area contributed by atoms with Crippen molar-refractivity contribution in [3.8, 4) is 0 Å². The van der Waals surface area contributed by atoms with Crippen molar-refractivity contribution in [2.24, 2.45) is 0 Å². The molecule has 1 saturated heterocycles. The Morgan fingerprint density at radius 1 is 1.36 bits per heavy atom. The van der Waals surface area contributed by atoms with Crippen molar-refractivity contribution < 1.29 is 31.5 Å². The summed E-state index contributed by atoms with van der Waals surface area (Å²) in [7, 11) is -3.02. The molecule has 10 heteroatoms. The molecule has 1 amide bonds. The Labute approximate surface area is 148 Å². The highest BCUT2D eigenvalue weighted by Gasteiger charge is 2.29. The summed E-state index contributed by atoms with van der Waals surface area (Å²) < 4.78 is 53.6. The third-order valence-corrected chi connectivity index (χ3v) is 6.75. The van der Waals surface area contributed by atoms with Gasteiger partial charge < -0.3 is 10.1 Å². The number of hydrogen-bond donors (Lipinski definition) is 1. The van der Waals surface area contributed by atoms with Gasteiger partial charge in [-0.1, -0.05) is 0 Å². The normalized spacial score (nSPS) is 20.0. The zero-order valence-electron chi connectivity index (χ0n) is 13.3. The highest BCUT2D eigenvalue weighted by molar-refractivity contribution is 8.02. The monoisotopic (exact) mass is 393 g/mol. The average molecular weight is 393 g/mol. The molecule has 2 atom stereocenters. The summed E-state index contributed by atoms with van der Waals surface area (Å²) in [6.07, 6.45) is -0.638. The number of thioether (sulfide) groups is 1. The van der Waals surface area contributed by atoms with Gasteiger partial charge in [-0.25, -0.2) is 17.2 Å². The van der Waals surface area contributed by atoms with Crippen LogP contribution in [-0.4, -0.2) is 48.9 Å². The Balaban J connectivity index is 1.78. The molecule has 1 N–H and O–H groups in total. The zero-order valence-corrected chi connectivity index (χ0v) is 15.0. The largest absolute Gasteiger partial charge is 0.452 e. The van der Waals surface area contributed by atoms with Crippen molar-refractivity contribution in [3.63, 3.8) is 0 Å². The van der Waals surface area contributed by atoms with Crippen molar-refractivity contribution in [3.05, 3.63) is 29.8 Å². The number of rotatable bonds is 6. The summed E-state index contributed by atoms with van der Waals surface area (Å²) in [6, 6.07) is 2.87. The summed E-state index contributed by atoms with van der Waals surface area (Å²) in [5, 5.41) is 2.16. The highest BCUT2D eigenvalue weighted by Crippen LogP contribution is 2.24. The second-order valence-electron chi connectivity index (χ2n) is 5.59. The number of benzene rings is 1. The van der Waals surface area contributed by atoms with E-state index in [-0.39, 0.29) is 28.2 Å². The maximum absolute atomic E-state index is 13.1. The van der Waals surface area contributed by atoms with Crippen LogP contribution in [0.3, 0.4) is 0 Å². The standard InChI is InChI=1S/C15H17F2NO5S2/c1-9(15(20)18-10-2-3-12(16)13(17)6-10)23-14(19)7-24-11-4-5-25(21,22)8-11/h2-3,6,9,11H,4-5,7-8H2,1H3,(H,18,20)/t9-,11-/m0/s1. The van der Waals surface area contributed by atoms with E-state index in [1.165, 1.54) is 24.8 Å². The van der Waals surface area contributed by atoms with E-state index in [0.717, 1.165) is 12.1 Å². The first-order chi connectivity index (χ1) is 11.7. The van der Waals surface area contributed by atoms with Crippen molar-refractivity contribution in [1.82, 2.24) is 0 Å². The van der Waals surface area contributed by atoms with Crippen LogP contribution in [-0.2, 0) is 24.2 Å². The molecule has 1 aliphatic rings. The van der Waals surface area contributed by atoms with E-state index < -0.39 is 39.5 Å². The van der Waals surface area contributed by atoms with Gasteiger partial charge in [0.05, 0.1) is 17.3 Å². The summed E-state index contributed by atoms with van der Waals surface area (Å²) in [6.45, 7) is 1.35. The van der Waals surface area contributed by atoms with Crippen molar-refractivity contribution in [2.45, 2.75) is 24.7 Å². The Hall–Kier alpha value is -1.68. The fourth-order valence-corrected chi connectivity index (χ4v) is 5.60. The van der Waals surface area contributed by atoms with Gasteiger partial charge in [-0.15, -0.1) is 11.8 Å². The topological polar surface area (TPSA) is 89.5 Å². The maximum Gasteiger partial charge on any atom is 0.316 e. The van der Waals surface area contributed by atoms with Gasteiger partial charge in [0.1, 0.15) is 0 Å². The van der Waals surface area contributed by atoms with E-state index in [1.807, 2.05) is 0 Å². The van der Waals surface area contributed by atoms with Gasteiger partial charge in [-0.2, -0.15) is 0 Å². The molecular formula is C15H17F2NO5S2. The Bertz CT molecular complexity index is 769. The predicted molar refractivity (Wildman–Crippen MR) is 90.1 cm³/mol. The van der Waals surface area contributed by atoms with E-state index in [2.05, 4.69) is 5.32 Å². The fraction of sp³-hybridized carbons (Fsp3) is 0.467. The molecule has 1 fully saturated rings. The summed E-state index contributed by atoms with van der Waals surface area (Å²) in [5.41, 5.74) is 0.0392. The van der Waals surface area contributed by atoms with Crippen LogP contribution in [0, 0.1) is 11.6 Å². The van der Waals surface area contributed by atoms with Gasteiger partial charge in [-0.05, 0) is 25.5 Å². The maximum atomic E-state index is 13.1. The molecule has 1 aromatic carbocycles. The first-order valence-electron chi connectivity index (χ1n) is 7.44. The lowest BCUT2D eigenvalue weighted by atomic mass is 10.3. The number of amides is 1. The molecule has 1 heterocycles. The van der Waals surface area contributed by atoms with Crippen LogP contribution < -0.4 is 5.32 Å². The summed E-state index contributed by atoms with van der Waals surface area (Å²) >= 11 is 1.18. The van der Waals surface area contributed by atoms with Gasteiger partial charge in [0.2, 0.25) is 0 Å². The predicted octanol–water partition coefficient (Wildman–Crippen LogP) is 1.76. The van der Waals surface area contributed by atoms with Crippen LogP contribution in [0.2, 0.25) is 0 Å². The minimum absolute atomic E-state index is 0.0388. The minimum atomic E-state index is -3.02. The molecule has 0 bridgehead atoms. The van der Waals surface area contributed by atoms with Crippen LogP contribution in [0.5, 0.6) is 0 Å². The SMILES string of the molecule is C[C@H](OC(=O)CS[C@H]1CCS(=O)(=O)C1)C(=O)Nc1ccc(F)c(F)c1. The zero-order chi connectivity index (χ0) is 18.6. The van der Waals surface area contributed by atoms with E-state index in [9.17, 15) is 26.8 Å². The molecule has 0 spiro atoms. The molecule has 0 saturated carbocycles. The third kappa shape index (κ3) is 5.96. The first-order valence-corrected chi connectivity index (χ1v) is 10.3. The highest BCUT2D eigenvalue weighted by atomic mass is 32.2. The van der Waals surface area contributed by atoms with Crippen molar-refractivity contribution in [2.75, 3.05) is 22.6 Å². The molecule has 0 aromatic heterocycles. The molecule has 2 rings (SSSR count). The number of anilines is 1. The van der Waals surface area contributed by atoms with E-state index in [1.54, 1.807) is 0 Å². The summed E-state index contributed by atoms with van der Waals surface area (Å²) in [5.74, 6) is -3.39. The van der Waals surface area contributed by atoms with Gasteiger partial charge in [-0.3, -0.25) is 9.59 Å². The van der Waals surface area contributed by atoms with E-state index >= 15 is 0 Å². The number of ether oxygens (including phenoxy) is 1. The number of hydrogen-bond acceptors (Lipinski definition) is 6. The quantitative estimate of drug-likeness (QED) is 0.741. The lowest BCUT2D eigenvalue weighted by Crippen LogP contribution is -2.30. The van der Waals surface area contributed by atoms with Gasteiger partial charge >= 0.3 is 5.97 Å². The number of halogens is 2. The van der Waals surface area contributed by atoms with Crippen LogP contribution >= 0.6 is 11.8 Å². The van der Waals surface area contributed by atoms with Crippen molar-refractivity contribution >= 4 is 39.2 Å². The Morgan fingerprint density at radius 2 is 2.08 bits per heavy atom. The number of nitrogens with one attached hydrogen (secondary N) is 1. The fourth-order valence-electron chi connectivity index (χ4n) is 2.18. The number of carbonyl (C=O) groups excluding carboxylic acids is 2. The Kier molecular flexibility index (Phi) is 6.39. The van der Waals surface area contributed by atoms with E-state index in [0.29, 0.717) is 6.42 Å². The minimum Gasteiger partial charge on any atom is -0.452 e. The van der Waals surface area contributed by atoms with Crippen LogP contribution in [0.4, 0.5) is 14.5 Å². The summed E-state index contributed by atoms with van der Waals surface area (Å²) in [4.78, 5) is 23.6. The van der Waals surface area contributed by atoms with Crippen molar-refractivity contribution in [1.29, 1.82) is 0 Å². The first kappa shape index (κ1) is 19.6. The molecule has 25 heavy (non-hydrogen) atoms. The average Bonchev–Trinajstić information content (AvgIpc) is 2.88. The smallest absolute Gasteiger partial charge is 0.316 e. The lowest BCUT2D eigenvalue weighted by Gasteiger charge is -2.14. The van der Waals surface area contributed by atoms with Gasteiger partial charge in [0.25, 0.3) is 5.91 Å².